The lowest BCUT2D eigenvalue weighted by Gasteiger charge is -2.21. The van der Waals surface area contributed by atoms with E-state index in [4.69, 9.17) is 5.73 Å². The Morgan fingerprint density at radius 1 is 1.32 bits per heavy atom. The van der Waals surface area contributed by atoms with Crippen molar-refractivity contribution < 1.29 is 4.79 Å². The van der Waals surface area contributed by atoms with Crippen LogP contribution in [0.25, 0.3) is 10.8 Å². The molecule has 1 aromatic carbocycles. The van der Waals surface area contributed by atoms with Crippen LogP contribution in [0.15, 0.2) is 24.4 Å². The number of carbonyl (C=O) groups excluding carboxylic acids is 1. The lowest BCUT2D eigenvalue weighted by molar-refractivity contribution is 0.0916. The minimum absolute atomic E-state index is 0.178. The Bertz CT molecular complexity index is 633. The SMILES string of the molecule is Cc1cnc(C(=O)NC(C)(C)C)c2cccc(N)c12. The van der Waals surface area contributed by atoms with Crippen LogP contribution in [0.3, 0.4) is 0 Å². The zero-order valence-corrected chi connectivity index (χ0v) is 11.7. The Morgan fingerprint density at radius 3 is 2.63 bits per heavy atom. The maximum absolute atomic E-state index is 12.3. The van der Waals surface area contributed by atoms with E-state index in [0.29, 0.717) is 11.4 Å². The van der Waals surface area contributed by atoms with Crippen molar-refractivity contribution in [2.75, 3.05) is 5.73 Å². The molecule has 4 nitrogen and oxygen atoms in total. The van der Waals surface area contributed by atoms with Crippen molar-refractivity contribution in [2.24, 2.45) is 0 Å². The zero-order valence-electron chi connectivity index (χ0n) is 11.7. The van der Waals surface area contributed by atoms with E-state index in [2.05, 4.69) is 10.3 Å². The molecule has 100 valence electrons. The van der Waals surface area contributed by atoms with Gasteiger partial charge in [-0.15, -0.1) is 0 Å². The van der Waals surface area contributed by atoms with Crippen molar-refractivity contribution in [1.82, 2.24) is 10.3 Å². The van der Waals surface area contributed by atoms with Crippen molar-refractivity contribution in [3.8, 4) is 0 Å². The van der Waals surface area contributed by atoms with Gasteiger partial charge >= 0.3 is 0 Å². The number of fused-ring (bicyclic) bond motifs is 1. The minimum Gasteiger partial charge on any atom is -0.398 e. The van der Waals surface area contributed by atoms with Gasteiger partial charge in [0.05, 0.1) is 0 Å². The van der Waals surface area contributed by atoms with E-state index in [1.807, 2.05) is 45.9 Å². The fraction of sp³-hybridized carbons (Fsp3) is 0.333. The summed E-state index contributed by atoms with van der Waals surface area (Å²) in [6.07, 6.45) is 1.69. The first-order valence-electron chi connectivity index (χ1n) is 6.26. The van der Waals surface area contributed by atoms with Crippen LogP contribution >= 0.6 is 0 Å². The molecule has 2 rings (SSSR count). The van der Waals surface area contributed by atoms with Gasteiger partial charge in [0.25, 0.3) is 5.91 Å². The molecule has 19 heavy (non-hydrogen) atoms. The number of carbonyl (C=O) groups is 1. The number of nitrogens with one attached hydrogen (secondary N) is 1. The molecule has 0 atom stereocenters. The number of nitrogens with zero attached hydrogens (tertiary/aromatic N) is 1. The van der Waals surface area contributed by atoms with E-state index in [0.717, 1.165) is 16.3 Å². The Labute approximate surface area is 113 Å². The average molecular weight is 257 g/mol. The van der Waals surface area contributed by atoms with E-state index in [1.54, 1.807) is 6.20 Å². The quantitative estimate of drug-likeness (QED) is 0.772. The van der Waals surface area contributed by atoms with Crippen LogP contribution in [0.4, 0.5) is 5.69 Å². The second-order valence-corrected chi connectivity index (χ2v) is 5.76. The lowest BCUT2D eigenvalue weighted by atomic mass is 10.0. The molecule has 0 aliphatic rings. The second kappa shape index (κ2) is 4.53. The summed E-state index contributed by atoms with van der Waals surface area (Å²) in [5, 5.41) is 4.62. The molecule has 0 radical (unpaired) electrons. The summed E-state index contributed by atoms with van der Waals surface area (Å²) in [6, 6.07) is 5.55. The molecule has 0 spiro atoms. The highest BCUT2D eigenvalue weighted by molar-refractivity contribution is 6.09. The van der Waals surface area contributed by atoms with Crippen LogP contribution in [-0.2, 0) is 0 Å². The van der Waals surface area contributed by atoms with Crippen molar-refractivity contribution in [3.05, 3.63) is 35.7 Å². The van der Waals surface area contributed by atoms with E-state index < -0.39 is 0 Å². The molecule has 0 bridgehead atoms. The molecule has 1 amide bonds. The van der Waals surface area contributed by atoms with Crippen LogP contribution in [0.2, 0.25) is 0 Å². The Balaban J connectivity index is 2.60. The fourth-order valence-electron chi connectivity index (χ4n) is 2.08. The third-order valence-corrected chi connectivity index (χ3v) is 2.84. The highest BCUT2D eigenvalue weighted by Crippen LogP contribution is 2.26. The molecule has 0 aliphatic carbocycles. The number of amides is 1. The van der Waals surface area contributed by atoms with Gasteiger partial charge in [-0.1, -0.05) is 12.1 Å². The van der Waals surface area contributed by atoms with Crippen LogP contribution in [0.1, 0.15) is 36.8 Å². The van der Waals surface area contributed by atoms with Gasteiger partial charge in [-0.05, 0) is 39.3 Å². The van der Waals surface area contributed by atoms with Gasteiger partial charge in [0.2, 0.25) is 0 Å². The molecule has 2 aromatic rings. The van der Waals surface area contributed by atoms with E-state index in [9.17, 15) is 4.79 Å². The molecule has 0 saturated carbocycles. The predicted molar refractivity (Wildman–Crippen MR) is 78.1 cm³/mol. The summed E-state index contributed by atoms with van der Waals surface area (Å²) in [5.41, 5.74) is 7.76. The largest absolute Gasteiger partial charge is 0.398 e. The Kier molecular flexibility index (Phi) is 3.18. The van der Waals surface area contributed by atoms with Crippen LogP contribution in [0.5, 0.6) is 0 Å². The van der Waals surface area contributed by atoms with Gasteiger partial charge in [-0.25, -0.2) is 0 Å². The van der Waals surface area contributed by atoms with Gasteiger partial charge < -0.3 is 11.1 Å². The number of anilines is 1. The van der Waals surface area contributed by atoms with Gasteiger partial charge in [-0.3, -0.25) is 9.78 Å². The van der Waals surface area contributed by atoms with Crippen molar-refractivity contribution in [3.63, 3.8) is 0 Å². The smallest absolute Gasteiger partial charge is 0.270 e. The van der Waals surface area contributed by atoms with E-state index in [-0.39, 0.29) is 11.4 Å². The molecule has 4 heteroatoms. The van der Waals surface area contributed by atoms with Crippen LogP contribution in [-0.4, -0.2) is 16.4 Å². The van der Waals surface area contributed by atoms with E-state index >= 15 is 0 Å². The third-order valence-electron chi connectivity index (χ3n) is 2.84. The number of rotatable bonds is 1. The topological polar surface area (TPSA) is 68.0 Å². The standard InChI is InChI=1S/C15H19N3O/c1-9-8-17-13(14(19)18-15(2,3)4)10-6-5-7-11(16)12(9)10/h5-8H,16H2,1-4H3,(H,18,19). The number of nitrogen functional groups attached to an aromatic ring is 1. The van der Waals surface area contributed by atoms with E-state index in [1.165, 1.54) is 0 Å². The summed E-state index contributed by atoms with van der Waals surface area (Å²) < 4.78 is 0. The summed E-state index contributed by atoms with van der Waals surface area (Å²) in [6.45, 7) is 7.76. The molecule has 0 fully saturated rings. The number of hydrogen-bond acceptors (Lipinski definition) is 3. The van der Waals surface area contributed by atoms with Gasteiger partial charge in [0.1, 0.15) is 5.69 Å². The first kappa shape index (κ1) is 13.3. The monoisotopic (exact) mass is 257 g/mol. The van der Waals surface area contributed by atoms with Gasteiger partial charge in [0, 0.05) is 28.2 Å². The zero-order chi connectivity index (χ0) is 14.2. The van der Waals surface area contributed by atoms with Crippen LogP contribution in [0, 0.1) is 6.92 Å². The summed E-state index contributed by atoms with van der Waals surface area (Å²) in [7, 11) is 0. The first-order valence-corrected chi connectivity index (χ1v) is 6.26. The number of aromatic nitrogens is 1. The third kappa shape index (κ3) is 2.67. The normalized spacial score (nSPS) is 11.6. The van der Waals surface area contributed by atoms with Crippen molar-refractivity contribution >= 4 is 22.4 Å². The molecular formula is C15H19N3O. The number of benzene rings is 1. The number of nitrogens with two attached hydrogens (primary N) is 1. The minimum atomic E-state index is -0.295. The Hall–Kier alpha value is -2.10. The average Bonchev–Trinajstić information content (AvgIpc) is 2.26. The van der Waals surface area contributed by atoms with Gasteiger partial charge in [0.15, 0.2) is 0 Å². The molecule has 0 saturated heterocycles. The predicted octanol–water partition coefficient (Wildman–Crippen LogP) is 2.65. The second-order valence-electron chi connectivity index (χ2n) is 5.76. The highest BCUT2D eigenvalue weighted by atomic mass is 16.2. The van der Waals surface area contributed by atoms with Crippen LogP contribution < -0.4 is 11.1 Å². The van der Waals surface area contributed by atoms with Crippen molar-refractivity contribution in [1.29, 1.82) is 0 Å². The summed E-state index contributed by atoms with van der Waals surface area (Å²) in [5.74, 6) is -0.178. The Morgan fingerprint density at radius 2 is 2.00 bits per heavy atom. The molecule has 3 N–H and O–H groups in total. The molecule has 0 aliphatic heterocycles. The fourth-order valence-corrected chi connectivity index (χ4v) is 2.08. The maximum Gasteiger partial charge on any atom is 0.270 e. The summed E-state index contributed by atoms with van der Waals surface area (Å²) in [4.78, 5) is 16.5. The maximum atomic E-state index is 12.3. The number of hydrogen-bond donors (Lipinski definition) is 2. The molecular weight excluding hydrogens is 238 g/mol. The highest BCUT2D eigenvalue weighted by Gasteiger charge is 2.19. The molecule has 0 unspecified atom stereocenters. The summed E-state index contributed by atoms with van der Waals surface area (Å²) >= 11 is 0. The number of pyridine rings is 1. The first-order chi connectivity index (χ1) is 8.79. The lowest BCUT2D eigenvalue weighted by Crippen LogP contribution is -2.41. The molecule has 1 aromatic heterocycles. The van der Waals surface area contributed by atoms with Gasteiger partial charge in [-0.2, -0.15) is 0 Å². The molecule has 1 heterocycles. The van der Waals surface area contributed by atoms with Crippen molar-refractivity contribution in [2.45, 2.75) is 33.2 Å². The number of aryl methyl sites for hydroxylation is 1.